The first-order valence-electron chi connectivity index (χ1n) is 4.08. The van der Waals surface area contributed by atoms with Crippen molar-refractivity contribution in [2.24, 2.45) is 0 Å². The second-order valence-electron chi connectivity index (χ2n) is 3.62. The van der Waals surface area contributed by atoms with Crippen LogP contribution in [0.2, 0.25) is 0 Å². The topological polar surface area (TPSA) is 83.5 Å². The third kappa shape index (κ3) is 5.75. The zero-order valence-electron chi connectivity index (χ0n) is 8.54. The molecule has 0 fully saturated rings. The monoisotopic (exact) mass is 261 g/mol. The minimum absolute atomic E-state index is 0.524. The molecule has 0 aliphatic rings. The maximum absolute atomic E-state index is 11.8. The van der Waals surface area contributed by atoms with E-state index in [1.54, 1.807) is 0 Å². The minimum atomic E-state index is -5.15. The van der Waals surface area contributed by atoms with Crippen LogP contribution in [0.15, 0.2) is 0 Å². The van der Waals surface area contributed by atoms with E-state index in [0.717, 1.165) is 0 Å². The second-order valence-corrected chi connectivity index (χ2v) is 7.13. The molecule has 1 amide bonds. The molecule has 0 bridgehead atoms. The minimum Gasteiger partial charge on any atom is -0.480 e. The van der Waals surface area contributed by atoms with E-state index in [-0.39, 0.29) is 0 Å². The van der Waals surface area contributed by atoms with Gasteiger partial charge in [-0.3, -0.25) is 4.79 Å². The number of aliphatic carboxylic acids is 1. The number of carboxylic acid groups (broad SMARTS) is 1. The maximum atomic E-state index is 11.8. The fraction of sp³-hybridized carbons (Fsp3) is 0.714. The van der Waals surface area contributed by atoms with Crippen LogP contribution in [-0.4, -0.2) is 48.7 Å². The van der Waals surface area contributed by atoms with E-state index in [1.807, 2.05) is 0 Å². The van der Waals surface area contributed by atoms with Crippen LogP contribution >= 0.6 is 7.14 Å². The molecule has 1 unspecified atom stereocenters. The number of rotatable bonds is 4. The molecule has 0 spiro atoms. The van der Waals surface area contributed by atoms with Crippen LogP contribution in [0.3, 0.4) is 0 Å². The molecule has 0 aromatic rings. The van der Waals surface area contributed by atoms with Gasteiger partial charge in [-0.25, -0.2) is 4.79 Å². The van der Waals surface area contributed by atoms with Gasteiger partial charge in [-0.2, -0.15) is 13.2 Å². The Kier molecular flexibility index (Phi) is 4.55. The van der Waals surface area contributed by atoms with Crippen LogP contribution in [0.1, 0.15) is 0 Å². The second kappa shape index (κ2) is 4.86. The van der Waals surface area contributed by atoms with Gasteiger partial charge in [-0.1, -0.05) is 0 Å². The summed E-state index contributed by atoms with van der Waals surface area (Å²) in [4.78, 5) is 21.0. The number of alkyl halides is 3. The Labute approximate surface area is 89.4 Å². The van der Waals surface area contributed by atoms with Crippen molar-refractivity contribution < 1.29 is 32.4 Å². The van der Waals surface area contributed by atoms with Crippen molar-refractivity contribution in [2.75, 3.05) is 19.5 Å². The molecule has 0 radical (unpaired) electrons. The van der Waals surface area contributed by atoms with Crippen LogP contribution in [0.4, 0.5) is 13.2 Å². The van der Waals surface area contributed by atoms with Gasteiger partial charge in [0, 0.05) is 6.16 Å². The normalized spacial score (nSPS) is 14.3. The van der Waals surface area contributed by atoms with E-state index in [4.69, 9.17) is 5.11 Å². The largest absolute Gasteiger partial charge is 0.480 e. The van der Waals surface area contributed by atoms with Gasteiger partial charge in [0.2, 0.25) is 0 Å². The number of nitrogens with one attached hydrogen (secondary N) is 1. The molecule has 16 heavy (non-hydrogen) atoms. The molecule has 94 valence electrons. The van der Waals surface area contributed by atoms with E-state index >= 15 is 0 Å². The van der Waals surface area contributed by atoms with Gasteiger partial charge in [-0.05, 0) is 13.3 Å². The molecule has 0 aromatic carbocycles. The van der Waals surface area contributed by atoms with Crippen molar-refractivity contribution in [3.63, 3.8) is 0 Å². The fourth-order valence-corrected chi connectivity index (χ4v) is 1.99. The quantitative estimate of drug-likeness (QED) is 0.731. The third-order valence-electron chi connectivity index (χ3n) is 1.48. The van der Waals surface area contributed by atoms with Crippen LogP contribution in [-0.2, 0) is 14.2 Å². The summed E-state index contributed by atoms with van der Waals surface area (Å²) in [7, 11) is -2.85. The lowest BCUT2D eigenvalue weighted by molar-refractivity contribution is -0.175. The van der Waals surface area contributed by atoms with E-state index in [9.17, 15) is 27.3 Å². The molecule has 0 saturated carbocycles. The predicted molar refractivity (Wildman–Crippen MR) is 49.9 cm³/mol. The lowest BCUT2D eigenvalue weighted by Gasteiger charge is -2.17. The van der Waals surface area contributed by atoms with Crippen LogP contribution in [0, 0.1) is 0 Å². The van der Waals surface area contributed by atoms with Gasteiger partial charge in [0.1, 0.15) is 6.04 Å². The SMILES string of the molecule is CP(C)(=O)CC(NC(=O)C(F)(F)F)C(=O)O. The number of carbonyl (C=O) groups is 2. The van der Waals surface area contributed by atoms with Gasteiger partial charge in [0.25, 0.3) is 0 Å². The summed E-state index contributed by atoms with van der Waals surface area (Å²) < 4.78 is 46.8. The Balaban J connectivity index is 4.67. The van der Waals surface area contributed by atoms with Crippen molar-refractivity contribution in [1.29, 1.82) is 0 Å². The fourth-order valence-electron chi connectivity index (χ4n) is 0.865. The average Bonchev–Trinajstić information content (AvgIpc) is 1.98. The van der Waals surface area contributed by atoms with Crippen molar-refractivity contribution in [3.8, 4) is 0 Å². The highest BCUT2D eigenvalue weighted by Crippen LogP contribution is 2.36. The first kappa shape index (κ1) is 15.0. The van der Waals surface area contributed by atoms with Gasteiger partial charge >= 0.3 is 18.1 Å². The molecule has 0 aromatic heterocycles. The van der Waals surface area contributed by atoms with Gasteiger partial charge < -0.3 is 15.0 Å². The van der Waals surface area contributed by atoms with Gasteiger partial charge in [-0.15, -0.1) is 0 Å². The molecule has 1 atom stereocenters. The summed E-state index contributed by atoms with van der Waals surface area (Å²) in [5.74, 6) is -4.00. The molecule has 2 N–H and O–H groups in total. The molecule has 0 heterocycles. The van der Waals surface area contributed by atoms with Crippen molar-refractivity contribution >= 4 is 19.0 Å². The Morgan fingerprint density at radius 3 is 2.06 bits per heavy atom. The van der Waals surface area contributed by atoms with Crippen LogP contribution in [0.25, 0.3) is 0 Å². The highest BCUT2D eigenvalue weighted by molar-refractivity contribution is 7.62. The number of carboxylic acids is 1. The van der Waals surface area contributed by atoms with Crippen molar-refractivity contribution in [2.45, 2.75) is 12.2 Å². The standard InChI is InChI=1S/C7H11F3NO4P/c1-16(2,15)3-4(5(12)13)11-6(14)7(8,9)10/h4H,3H2,1-2H3,(H,11,14)(H,12,13). The number of halogens is 3. The molecule has 5 nitrogen and oxygen atoms in total. The molecular weight excluding hydrogens is 250 g/mol. The summed E-state index contributed by atoms with van der Waals surface area (Å²) in [6.07, 6.45) is -5.68. The summed E-state index contributed by atoms with van der Waals surface area (Å²) >= 11 is 0. The number of hydrogen-bond acceptors (Lipinski definition) is 3. The molecule has 0 saturated heterocycles. The van der Waals surface area contributed by atoms with Gasteiger partial charge in [0.05, 0.1) is 7.14 Å². The Morgan fingerprint density at radius 1 is 1.38 bits per heavy atom. The zero-order chi connectivity index (χ0) is 13.1. The number of carbonyl (C=O) groups excluding carboxylic acids is 1. The van der Waals surface area contributed by atoms with Crippen LogP contribution in [0.5, 0.6) is 0 Å². The molecular formula is C7H11F3NO4P. The summed E-state index contributed by atoms with van der Waals surface area (Å²) in [5.41, 5.74) is 0. The first-order valence-corrected chi connectivity index (χ1v) is 6.86. The van der Waals surface area contributed by atoms with Crippen molar-refractivity contribution in [3.05, 3.63) is 0 Å². The Bertz CT molecular complexity index is 335. The van der Waals surface area contributed by atoms with Gasteiger partial charge in [0.15, 0.2) is 0 Å². The highest BCUT2D eigenvalue weighted by atomic mass is 31.2. The number of hydrogen-bond donors (Lipinski definition) is 2. The zero-order valence-corrected chi connectivity index (χ0v) is 9.43. The molecule has 0 rings (SSSR count). The van der Waals surface area contributed by atoms with E-state index in [2.05, 4.69) is 0 Å². The summed E-state index contributed by atoms with van der Waals surface area (Å²) in [5, 5.41) is 9.83. The maximum Gasteiger partial charge on any atom is 0.471 e. The lowest BCUT2D eigenvalue weighted by atomic mass is 10.3. The summed E-state index contributed by atoms with van der Waals surface area (Å²) in [6.45, 7) is 2.45. The molecule has 0 aliphatic heterocycles. The van der Waals surface area contributed by atoms with Crippen molar-refractivity contribution in [1.82, 2.24) is 5.32 Å². The lowest BCUT2D eigenvalue weighted by Crippen LogP contribution is -2.48. The number of amides is 1. The Hall–Kier alpha value is -1.04. The third-order valence-corrected chi connectivity index (χ3v) is 2.73. The average molecular weight is 261 g/mol. The van der Waals surface area contributed by atoms with E-state index in [0.29, 0.717) is 0 Å². The predicted octanol–water partition coefficient (Wildman–Crippen LogP) is 0.741. The highest BCUT2D eigenvalue weighted by Gasteiger charge is 2.41. The smallest absolute Gasteiger partial charge is 0.471 e. The molecule has 9 heteroatoms. The first-order chi connectivity index (χ1) is 6.93. The van der Waals surface area contributed by atoms with Crippen LogP contribution < -0.4 is 5.32 Å². The summed E-state index contributed by atoms with van der Waals surface area (Å²) in [6, 6.07) is -1.80. The molecule has 0 aliphatic carbocycles. The van der Waals surface area contributed by atoms with E-state index < -0.39 is 37.4 Å². The Morgan fingerprint density at radius 2 is 1.81 bits per heavy atom. The van der Waals surface area contributed by atoms with E-state index in [1.165, 1.54) is 18.6 Å².